The largest absolute Gasteiger partial charge is 0.247 e. The summed E-state index contributed by atoms with van der Waals surface area (Å²) in [6.45, 7) is 11.0. The highest BCUT2D eigenvalue weighted by Crippen LogP contribution is 2.40. The van der Waals surface area contributed by atoms with Crippen molar-refractivity contribution in [2.24, 2.45) is 10.9 Å². The molecule has 4 rings (SSSR count). The van der Waals surface area contributed by atoms with Crippen molar-refractivity contribution in [1.82, 2.24) is 0 Å². The van der Waals surface area contributed by atoms with Gasteiger partial charge in [-0.2, -0.15) is 0 Å². The molecule has 126 valence electrons. The Morgan fingerprint density at radius 3 is 2.28 bits per heavy atom. The normalized spacial score (nSPS) is 13.0. The van der Waals surface area contributed by atoms with Crippen LogP contribution in [0.15, 0.2) is 47.5 Å². The van der Waals surface area contributed by atoms with E-state index < -0.39 is 0 Å². The standard InChI is InChI=1S/C24H25N/c1-14(2)8-18-12-19-7-6-17(5)23-22(19)21(13-18)24(25-23)20-10-15(3)9-16(4)11-20/h6-7,9-14H,8H2,1-5H3. The third-order valence-electron chi connectivity index (χ3n) is 4.97. The fraction of sp³-hybridized carbons (Fsp3) is 0.292. The average molecular weight is 327 g/mol. The zero-order valence-corrected chi connectivity index (χ0v) is 15.8. The lowest BCUT2D eigenvalue weighted by Gasteiger charge is -2.11. The van der Waals surface area contributed by atoms with Crippen LogP contribution in [0, 0.1) is 26.7 Å². The van der Waals surface area contributed by atoms with E-state index in [1.54, 1.807) is 0 Å². The summed E-state index contributed by atoms with van der Waals surface area (Å²) in [6.07, 6.45) is 1.10. The van der Waals surface area contributed by atoms with Crippen LogP contribution in [-0.4, -0.2) is 5.71 Å². The van der Waals surface area contributed by atoms with Crippen LogP contribution in [0.3, 0.4) is 0 Å². The monoisotopic (exact) mass is 327 g/mol. The molecule has 0 fully saturated rings. The maximum Gasteiger partial charge on any atom is 0.0789 e. The van der Waals surface area contributed by atoms with Crippen molar-refractivity contribution in [3.8, 4) is 0 Å². The fourth-order valence-electron chi connectivity index (χ4n) is 4.04. The zero-order chi connectivity index (χ0) is 17.7. The molecule has 0 N–H and O–H groups in total. The van der Waals surface area contributed by atoms with Crippen LogP contribution in [0.5, 0.6) is 0 Å². The van der Waals surface area contributed by atoms with E-state index in [4.69, 9.17) is 4.99 Å². The Kier molecular flexibility index (Phi) is 3.76. The number of hydrogen-bond donors (Lipinski definition) is 0. The minimum Gasteiger partial charge on any atom is -0.247 e. The quantitative estimate of drug-likeness (QED) is 0.410. The van der Waals surface area contributed by atoms with Crippen molar-refractivity contribution in [2.45, 2.75) is 41.0 Å². The molecule has 0 bridgehead atoms. The van der Waals surface area contributed by atoms with Gasteiger partial charge in [0.2, 0.25) is 0 Å². The number of aliphatic imine (C=N–C) groups is 1. The molecule has 0 aliphatic carbocycles. The summed E-state index contributed by atoms with van der Waals surface area (Å²) < 4.78 is 0. The van der Waals surface area contributed by atoms with Gasteiger partial charge in [-0.05, 0) is 67.8 Å². The molecule has 0 atom stereocenters. The van der Waals surface area contributed by atoms with Gasteiger partial charge in [0.1, 0.15) is 0 Å². The average Bonchev–Trinajstić information content (AvgIpc) is 2.90. The van der Waals surface area contributed by atoms with Crippen LogP contribution in [0.25, 0.3) is 10.8 Å². The molecule has 1 aliphatic rings. The third kappa shape index (κ3) is 2.78. The van der Waals surface area contributed by atoms with Crippen molar-refractivity contribution in [3.63, 3.8) is 0 Å². The minimum absolute atomic E-state index is 0.651. The van der Waals surface area contributed by atoms with Gasteiger partial charge in [0.05, 0.1) is 11.4 Å². The second-order valence-electron chi connectivity index (χ2n) is 7.91. The van der Waals surface area contributed by atoms with Crippen molar-refractivity contribution in [1.29, 1.82) is 0 Å². The van der Waals surface area contributed by atoms with Gasteiger partial charge in [0.25, 0.3) is 0 Å². The maximum absolute atomic E-state index is 5.09. The van der Waals surface area contributed by atoms with Gasteiger partial charge < -0.3 is 0 Å². The molecule has 3 aromatic carbocycles. The lowest BCUT2D eigenvalue weighted by atomic mass is 9.91. The zero-order valence-electron chi connectivity index (χ0n) is 15.8. The first-order valence-corrected chi connectivity index (χ1v) is 9.16. The lowest BCUT2D eigenvalue weighted by molar-refractivity contribution is 0.648. The summed E-state index contributed by atoms with van der Waals surface area (Å²) in [5.41, 5.74) is 10.1. The highest BCUT2D eigenvalue weighted by atomic mass is 14.8. The Morgan fingerprint density at radius 1 is 0.880 bits per heavy atom. The van der Waals surface area contributed by atoms with Crippen molar-refractivity contribution in [2.75, 3.05) is 0 Å². The number of nitrogens with zero attached hydrogens (tertiary/aromatic N) is 1. The predicted octanol–water partition coefficient (Wildman–Crippen LogP) is 6.45. The molecule has 0 spiro atoms. The first kappa shape index (κ1) is 16.1. The summed E-state index contributed by atoms with van der Waals surface area (Å²) >= 11 is 0. The molecule has 3 aromatic rings. The number of aryl methyl sites for hydroxylation is 3. The highest BCUT2D eigenvalue weighted by molar-refractivity contribution is 6.26. The summed E-state index contributed by atoms with van der Waals surface area (Å²) in [4.78, 5) is 5.09. The SMILES string of the molecule is Cc1cc(C)cc(C2=Nc3c(C)ccc4cc(CC(C)C)cc2c34)c1. The van der Waals surface area contributed by atoms with Crippen LogP contribution in [0.4, 0.5) is 5.69 Å². The van der Waals surface area contributed by atoms with Gasteiger partial charge in [-0.1, -0.05) is 49.2 Å². The van der Waals surface area contributed by atoms with Gasteiger partial charge >= 0.3 is 0 Å². The van der Waals surface area contributed by atoms with E-state index in [9.17, 15) is 0 Å². The van der Waals surface area contributed by atoms with Gasteiger partial charge in [0, 0.05) is 16.5 Å². The molecule has 25 heavy (non-hydrogen) atoms. The molecular weight excluding hydrogens is 302 g/mol. The van der Waals surface area contributed by atoms with E-state index in [-0.39, 0.29) is 0 Å². The fourth-order valence-corrected chi connectivity index (χ4v) is 4.04. The Labute approximate surface area is 150 Å². The summed E-state index contributed by atoms with van der Waals surface area (Å²) in [5, 5.41) is 2.64. The smallest absolute Gasteiger partial charge is 0.0789 e. The molecule has 0 saturated heterocycles. The molecular formula is C24H25N. The van der Waals surface area contributed by atoms with Gasteiger partial charge in [-0.3, -0.25) is 0 Å². The molecule has 1 heterocycles. The minimum atomic E-state index is 0.651. The Hall–Kier alpha value is -2.41. The molecule has 0 aromatic heterocycles. The molecule has 1 nitrogen and oxygen atoms in total. The second-order valence-corrected chi connectivity index (χ2v) is 7.91. The number of hydrogen-bond acceptors (Lipinski definition) is 1. The van der Waals surface area contributed by atoms with E-state index in [2.05, 4.69) is 77.1 Å². The predicted molar refractivity (Wildman–Crippen MR) is 108 cm³/mol. The van der Waals surface area contributed by atoms with E-state index in [1.165, 1.54) is 44.2 Å². The van der Waals surface area contributed by atoms with Crippen LogP contribution >= 0.6 is 0 Å². The maximum atomic E-state index is 5.09. The van der Waals surface area contributed by atoms with Crippen LogP contribution in [0.1, 0.15) is 47.2 Å². The van der Waals surface area contributed by atoms with E-state index >= 15 is 0 Å². The molecule has 0 unspecified atom stereocenters. The summed E-state index contributed by atoms with van der Waals surface area (Å²) in [6, 6.07) is 15.9. The Morgan fingerprint density at radius 2 is 1.60 bits per heavy atom. The first-order valence-electron chi connectivity index (χ1n) is 9.16. The molecule has 1 aliphatic heterocycles. The molecule has 0 radical (unpaired) electrons. The van der Waals surface area contributed by atoms with Gasteiger partial charge in [0.15, 0.2) is 0 Å². The van der Waals surface area contributed by atoms with Crippen molar-refractivity contribution >= 4 is 22.2 Å². The van der Waals surface area contributed by atoms with E-state index in [1.807, 2.05) is 0 Å². The lowest BCUT2D eigenvalue weighted by Crippen LogP contribution is -2.03. The summed E-state index contributed by atoms with van der Waals surface area (Å²) in [7, 11) is 0. The molecule has 0 amide bonds. The highest BCUT2D eigenvalue weighted by Gasteiger charge is 2.22. The number of rotatable bonds is 3. The van der Waals surface area contributed by atoms with Crippen LogP contribution in [0.2, 0.25) is 0 Å². The topological polar surface area (TPSA) is 12.4 Å². The molecule has 1 heteroatoms. The first-order chi connectivity index (χ1) is 11.9. The van der Waals surface area contributed by atoms with Crippen LogP contribution < -0.4 is 0 Å². The Balaban J connectivity index is 1.98. The molecule has 0 saturated carbocycles. The van der Waals surface area contributed by atoms with E-state index in [0.717, 1.165) is 17.8 Å². The number of benzene rings is 3. The van der Waals surface area contributed by atoms with Crippen LogP contribution in [-0.2, 0) is 6.42 Å². The second kappa shape index (κ2) is 5.84. The summed E-state index contributed by atoms with van der Waals surface area (Å²) in [5.74, 6) is 0.651. The van der Waals surface area contributed by atoms with Gasteiger partial charge in [-0.15, -0.1) is 0 Å². The Bertz CT molecular complexity index is 1000. The van der Waals surface area contributed by atoms with Crippen molar-refractivity contribution < 1.29 is 0 Å². The van der Waals surface area contributed by atoms with Gasteiger partial charge in [-0.25, -0.2) is 4.99 Å². The van der Waals surface area contributed by atoms with E-state index in [0.29, 0.717) is 5.92 Å². The van der Waals surface area contributed by atoms with Crippen molar-refractivity contribution in [3.05, 3.63) is 75.8 Å². The third-order valence-corrected chi connectivity index (χ3v) is 4.97.